The minimum absolute atomic E-state index is 0.556. The van der Waals surface area contributed by atoms with E-state index in [1.165, 1.54) is 89.5 Å². The van der Waals surface area contributed by atoms with E-state index in [0.717, 1.165) is 23.5 Å². The molecule has 4 rings (SSSR count). The highest BCUT2D eigenvalue weighted by atomic mass is 16.5. The molecule has 27 heavy (non-hydrogen) atoms. The molecule has 0 aromatic heterocycles. The van der Waals surface area contributed by atoms with E-state index in [1.54, 1.807) is 7.11 Å². The van der Waals surface area contributed by atoms with Crippen LogP contribution in [-0.4, -0.2) is 55.2 Å². The monoisotopic (exact) mass is 371 g/mol. The van der Waals surface area contributed by atoms with Crippen molar-refractivity contribution in [2.45, 2.75) is 75.8 Å². The first-order chi connectivity index (χ1) is 13.3. The van der Waals surface area contributed by atoms with E-state index in [9.17, 15) is 0 Å². The minimum atomic E-state index is 0.556. The van der Waals surface area contributed by atoms with Gasteiger partial charge in [-0.05, 0) is 56.6 Å². The molecule has 0 spiro atoms. The van der Waals surface area contributed by atoms with Gasteiger partial charge in [0.1, 0.15) is 5.75 Å². The summed E-state index contributed by atoms with van der Waals surface area (Å²) in [6, 6.07) is 7.72. The lowest BCUT2D eigenvalue weighted by atomic mass is 9.80. The molecule has 0 unspecified atom stereocenters. The molecule has 2 aliphatic carbocycles. The second-order valence-electron chi connectivity index (χ2n) is 8.83. The summed E-state index contributed by atoms with van der Waals surface area (Å²) >= 11 is 0. The highest BCUT2D eigenvalue weighted by molar-refractivity contribution is 5.56. The molecule has 1 heterocycles. The van der Waals surface area contributed by atoms with E-state index in [0.29, 0.717) is 5.92 Å². The molecule has 1 aromatic carbocycles. The second kappa shape index (κ2) is 8.83. The molecule has 3 fully saturated rings. The molecule has 3 aliphatic rings. The topological polar surface area (TPSA) is 41.7 Å². The van der Waals surface area contributed by atoms with Gasteiger partial charge in [-0.3, -0.25) is 9.80 Å². The standard InChI is InChI=1S/C23H37N3O/c1-27-22-9-5-8-21(24)23(22)18-10-12-20(13-11-18)26-16-14-25(15-17-26)19-6-3-2-4-7-19/h5,8-9,18-20H,2-4,6-7,10-17,24H2,1H3. The molecular formula is C23H37N3O. The third kappa shape index (κ3) is 4.27. The van der Waals surface area contributed by atoms with Crippen LogP contribution in [0.1, 0.15) is 69.3 Å². The molecule has 4 nitrogen and oxygen atoms in total. The van der Waals surface area contributed by atoms with Crippen LogP contribution in [0.3, 0.4) is 0 Å². The molecule has 150 valence electrons. The molecule has 0 bridgehead atoms. The summed E-state index contributed by atoms with van der Waals surface area (Å²) in [6.45, 7) is 5.10. The fourth-order valence-corrected chi connectivity index (χ4v) is 5.82. The van der Waals surface area contributed by atoms with Crippen molar-refractivity contribution in [1.82, 2.24) is 9.80 Å². The summed E-state index contributed by atoms with van der Waals surface area (Å²) in [6.07, 6.45) is 12.3. The van der Waals surface area contributed by atoms with Gasteiger partial charge >= 0.3 is 0 Å². The van der Waals surface area contributed by atoms with Gasteiger partial charge in [0.15, 0.2) is 0 Å². The molecule has 1 aromatic rings. The molecule has 1 saturated heterocycles. The zero-order valence-electron chi connectivity index (χ0n) is 17.0. The van der Waals surface area contributed by atoms with Gasteiger partial charge in [0.05, 0.1) is 7.11 Å². The third-order valence-corrected chi connectivity index (χ3v) is 7.38. The molecular weight excluding hydrogens is 334 g/mol. The number of hydrogen-bond acceptors (Lipinski definition) is 4. The lowest BCUT2D eigenvalue weighted by Crippen LogP contribution is -2.53. The van der Waals surface area contributed by atoms with Crippen LogP contribution in [0.5, 0.6) is 5.75 Å². The van der Waals surface area contributed by atoms with E-state index >= 15 is 0 Å². The van der Waals surface area contributed by atoms with Crippen molar-refractivity contribution in [2.75, 3.05) is 39.0 Å². The predicted molar refractivity (Wildman–Crippen MR) is 112 cm³/mol. The van der Waals surface area contributed by atoms with Crippen LogP contribution in [0.25, 0.3) is 0 Å². The number of nitrogens with two attached hydrogens (primary N) is 1. The maximum Gasteiger partial charge on any atom is 0.124 e. The molecule has 2 saturated carbocycles. The quantitative estimate of drug-likeness (QED) is 0.803. The van der Waals surface area contributed by atoms with E-state index < -0.39 is 0 Å². The van der Waals surface area contributed by atoms with E-state index in [2.05, 4.69) is 15.9 Å². The number of nitrogen functional groups attached to an aromatic ring is 1. The van der Waals surface area contributed by atoms with E-state index in [4.69, 9.17) is 10.5 Å². The number of methoxy groups -OCH3 is 1. The summed E-state index contributed by atoms with van der Waals surface area (Å²) in [5.41, 5.74) is 8.45. The normalized spacial score (nSPS) is 28.9. The van der Waals surface area contributed by atoms with E-state index in [1.807, 2.05) is 12.1 Å². The van der Waals surface area contributed by atoms with Gasteiger partial charge < -0.3 is 10.5 Å². The molecule has 0 radical (unpaired) electrons. The Kier molecular flexibility index (Phi) is 6.24. The Labute approximate surface area is 165 Å². The first-order valence-electron chi connectivity index (χ1n) is 11.2. The summed E-state index contributed by atoms with van der Waals surface area (Å²) in [5.74, 6) is 1.53. The summed E-state index contributed by atoms with van der Waals surface area (Å²) < 4.78 is 5.60. The predicted octanol–water partition coefficient (Wildman–Crippen LogP) is 4.25. The van der Waals surface area contributed by atoms with Gasteiger partial charge in [0.2, 0.25) is 0 Å². The summed E-state index contributed by atoms with van der Waals surface area (Å²) in [7, 11) is 1.76. The van der Waals surface area contributed by atoms with Crippen molar-refractivity contribution >= 4 is 5.69 Å². The van der Waals surface area contributed by atoms with Gasteiger partial charge in [-0.2, -0.15) is 0 Å². The van der Waals surface area contributed by atoms with Crippen LogP contribution in [0.4, 0.5) is 5.69 Å². The Morgan fingerprint density at radius 2 is 1.41 bits per heavy atom. The van der Waals surface area contributed by atoms with Crippen molar-refractivity contribution < 1.29 is 4.74 Å². The van der Waals surface area contributed by atoms with Crippen molar-refractivity contribution in [2.24, 2.45) is 0 Å². The fraction of sp³-hybridized carbons (Fsp3) is 0.739. The van der Waals surface area contributed by atoms with Crippen molar-refractivity contribution in [1.29, 1.82) is 0 Å². The van der Waals surface area contributed by atoms with E-state index in [-0.39, 0.29) is 0 Å². The van der Waals surface area contributed by atoms with Crippen LogP contribution in [0.15, 0.2) is 18.2 Å². The summed E-state index contributed by atoms with van der Waals surface area (Å²) in [5, 5.41) is 0. The fourth-order valence-electron chi connectivity index (χ4n) is 5.82. The van der Waals surface area contributed by atoms with Gasteiger partial charge in [0, 0.05) is 49.5 Å². The summed E-state index contributed by atoms with van der Waals surface area (Å²) in [4.78, 5) is 5.57. The molecule has 1 aliphatic heterocycles. The number of anilines is 1. The Bertz CT molecular complexity index is 598. The first kappa shape index (κ1) is 19.1. The zero-order chi connectivity index (χ0) is 18.6. The molecule has 0 atom stereocenters. The average molecular weight is 372 g/mol. The first-order valence-corrected chi connectivity index (χ1v) is 11.2. The number of hydrogen-bond donors (Lipinski definition) is 1. The zero-order valence-corrected chi connectivity index (χ0v) is 17.0. The van der Waals surface area contributed by atoms with Gasteiger partial charge in [-0.1, -0.05) is 25.3 Å². The minimum Gasteiger partial charge on any atom is -0.496 e. The van der Waals surface area contributed by atoms with Gasteiger partial charge in [-0.25, -0.2) is 0 Å². The van der Waals surface area contributed by atoms with Crippen molar-refractivity contribution in [3.8, 4) is 5.75 Å². The molecule has 0 amide bonds. The number of nitrogens with zero attached hydrogens (tertiary/aromatic N) is 2. The lowest BCUT2D eigenvalue weighted by molar-refractivity contribution is 0.0445. The Hall–Kier alpha value is -1.26. The number of piperazine rings is 1. The average Bonchev–Trinajstić information content (AvgIpc) is 2.74. The van der Waals surface area contributed by atoms with Crippen molar-refractivity contribution in [3.05, 3.63) is 23.8 Å². The van der Waals surface area contributed by atoms with Crippen molar-refractivity contribution in [3.63, 3.8) is 0 Å². The SMILES string of the molecule is COc1cccc(N)c1C1CCC(N2CCN(C3CCCCC3)CC2)CC1. The van der Waals surface area contributed by atoms with Crippen LogP contribution in [0, 0.1) is 0 Å². The van der Waals surface area contributed by atoms with Gasteiger partial charge in [0.25, 0.3) is 0 Å². The van der Waals surface area contributed by atoms with Crippen LogP contribution >= 0.6 is 0 Å². The smallest absolute Gasteiger partial charge is 0.124 e. The molecule has 4 heteroatoms. The maximum atomic E-state index is 6.30. The second-order valence-corrected chi connectivity index (χ2v) is 8.83. The highest BCUT2D eigenvalue weighted by Gasteiger charge is 2.32. The third-order valence-electron chi connectivity index (χ3n) is 7.38. The number of ether oxygens (including phenoxy) is 1. The largest absolute Gasteiger partial charge is 0.496 e. The maximum absolute atomic E-state index is 6.30. The highest BCUT2D eigenvalue weighted by Crippen LogP contribution is 2.41. The number of rotatable bonds is 4. The molecule has 2 N–H and O–H groups in total. The number of benzene rings is 1. The Morgan fingerprint density at radius 3 is 2.00 bits per heavy atom. The van der Waals surface area contributed by atoms with Crippen LogP contribution < -0.4 is 10.5 Å². The van der Waals surface area contributed by atoms with Crippen LogP contribution in [-0.2, 0) is 0 Å². The Morgan fingerprint density at radius 1 is 0.815 bits per heavy atom. The Balaban J connectivity index is 1.29. The lowest BCUT2D eigenvalue weighted by Gasteiger charge is -2.45. The van der Waals surface area contributed by atoms with Gasteiger partial charge in [-0.15, -0.1) is 0 Å². The van der Waals surface area contributed by atoms with Crippen LogP contribution in [0.2, 0.25) is 0 Å².